The van der Waals surface area contributed by atoms with E-state index in [9.17, 15) is 0 Å². The molecule has 8 aromatic rings. The molecule has 9 rings (SSSR count). The van der Waals surface area contributed by atoms with Crippen molar-refractivity contribution in [1.82, 2.24) is 14.5 Å². The second-order valence-electron chi connectivity index (χ2n) is 11.8. The van der Waals surface area contributed by atoms with Crippen LogP contribution >= 0.6 is 0 Å². The number of hydrogen-bond donors (Lipinski definition) is 0. The minimum absolute atomic E-state index is 0.591. The first kappa shape index (κ1) is 26.4. The molecule has 0 fully saturated rings. The van der Waals surface area contributed by atoms with Gasteiger partial charge in [-0.2, -0.15) is 0 Å². The van der Waals surface area contributed by atoms with E-state index in [1.807, 2.05) is 24.4 Å². The van der Waals surface area contributed by atoms with Gasteiger partial charge in [0.1, 0.15) is 5.69 Å². The predicted molar refractivity (Wildman–Crippen MR) is 187 cm³/mol. The highest BCUT2D eigenvalue weighted by Gasteiger charge is 2.45. The van der Waals surface area contributed by atoms with E-state index in [4.69, 9.17) is 9.97 Å². The number of pyridine rings is 1. The highest BCUT2D eigenvalue weighted by molar-refractivity contribution is 5.93. The molecule has 0 aliphatic carbocycles. The lowest BCUT2D eigenvalue weighted by Gasteiger charge is -2.41. The van der Waals surface area contributed by atoms with Crippen LogP contribution in [0, 0.1) is 0 Å². The molecular formula is C43H29N3. The van der Waals surface area contributed by atoms with Crippen LogP contribution in [0.2, 0.25) is 0 Å². The van der Waals surface area contributed by atoms with Crippen molar-refractivity contribution >= 4 is 11.0 Å². The van der Waals surface area contributed by atoms with Gasteiger partial charge in [0.25, 0.3) is 0 Å². The van der Waals surface area contributed by atoms with Crippen molar-refractivity contribution in [3.05, 3.63) is 198 Å². The van der Waals surface area contributed by atoms with E-state index in [2.05, 4.69) is 156 Å². The molecule has 3 heterocycles. The fraction of sp³-hybridized carbons (Fsp3) is 0.0233. The Hall–Kier alpha value is -6.06. The third-order valence-corrected chi connectivity index (χ3v) is 9.35. The van der Waals surface area contributed by atoms with Crippen molar-refractivity contribution in [3.8, 4) is 39.5 Å². The molecule has 3 heteroatoms. The SMILES string of the molecule is c1ccc(-c2ccccc2-c2ccc3c(c2)C(c2ccccc2)(c2ccccc2)c2cccc4nc(-c5ccccn5)n-3c24)cc1. The molecule has 0 unspecified atom stereocenters. The molecule has 1 aliphatic heterocycles. The van der Waals surface area contributed by atoms with Crippen LogP contribution in [0.4, 0.5) is 0 Å². The average Bonchev–Trinajstić information content (AvgIpc) is 3.54. The number of benzene rings is 6. The van der Waals surface area contributed by atoms with Crippen LogP contribution < -0.4 is 0 Å². The first-order valence-electron chi connectivity index (χ1n) is 15.7. The van der Waals surface area contributed by atoms with E-state index in [0.717, 1.165) is 28.2 Å². The van der Waals surface area contributed by atoms with Crippen LogP contribution in [-0.2, 0) is 5.41 Å². The molecule has 216 valence electrons. The summed E-state index contributed by atoms with van der Waals surface area (Å²) in [6.45, 7) is 0. The van der Waals surface area contributed by atoms with Crippen molar-refractivity contribution in [2.45, 2.75) is 5.41 Å². The normalized spacial score (nSPS) is 13.0. The molecule has 0 saturated heterocycles. The zero-order valence-corrected chi connectivity index (χ0v) is 25.1. The number of rotatable bonds is 5. The molecule has 6 aromatic carbocycles. The molecule has 0 spiro atoms. The maximum atomic E-state index is 5.24. The molecule has 0 saturated carbocycles. The monoisotopic (exact) mass is 587 g/mol. The van der Waals surface area contributed by atoms with Gasteiger partial charge in [-0.25, -0.2) is 4.98 Å². The van der Waals surface area contributed by atoms with Crippen molar-refractivity contribution in [3.63, 3.8) is 0 Å². The van der Waals surface area contributed by atoms with Gasteiger partial charge in [-0.05, 0) is 74.8 Å². The number of fused-ring (bicyclic) bond motifs is 2. The maximum absolute atomic E-state index is 5.24. The zero-order chi connectivity index (χ0) is 30.5. The molecular weight excluding hydrogens is 558 g/mol. The van der Waals surface area contributed by atoms with E-state index < -0.39 is 5.41 Å². The minimum Gasteiger partial charge on any atom is -0.290 e. The van der Waals surface area contributed by atoms with Gasteiger partial charge in [-0.3, -0.25) is 9.55 Å². The summed E-state index contributed by atoms with van der Waals surface area (Å²) in [5.74, 6) is 0.844. The lowest BCUT2D eigenvalue weighted by molar-refractivity contribution is 0.725. The minimum atomic E-state index is -0.591. The lowest BCUT2D eigenvalue weighted by atomic mass is 9.63. The van der Waals surface area contributed by atoms with E-state index in [1.54, 1.807) is 0 Å². The summed E-state index contributed by atoms with van der Waals surface area (Å²) in [7, 11) is 0. The van der Waals surface area contributed by atoms with E-state index in [-0.39, 0.29) is 0 Å². The second-order valence-corrected chi connectivity index (χ2v) is 11.8. The average molecular weight is 588 g/mol. The second kappa shape index (κ2) is 10.5. The standard InChI is InChI=1S/C43H29N3/c1-4-15-30(16-5-1)34-21-10-11-22-35(34)31-26-27-40-37(29-31)43(32-17-6-2-7-18-32,33-19-8-3-9-20-33)36-23-14-25-38-41(36)46(40)42(45-38)39-24-12-13-28-44-39/h1-29H. The van der Waals surface area contributed by atoms with Gasteiger partial charge in [-0.15, -0.1) is 0 Å². The number of para-hydroxylation sites is 1. The van der Waals surface area contributed by atoms with Gasteiger partial charge in [0, 0.05) is 6.20 Å². The number of nitrogens with zero attached hydrogens (tertiary/aromatic N) is 3. The van der Waals surface area contributed by atoms with E-state index >= 15 is 0 Å². The first-order chi connectivity index (χ1) is 22.8. The topological polar surface area (TPSA) is 30.7 Å². The van der Waals surface area contributed by atoms with Crippen LogP contribution in [0.5, 0.6) is 0 Å². The van der Waals surface area contributed by atoms with Crippen LogP contribution in [0.1, 0.15) is 22.3 Å². The Kier molecular flexibility index (Phi) is 6.04. The van der Waals surface area contributed by atoms with Gasteiger partial charge < -0.3 is 0 Å². The highest BCUT2D eigenvalue weighted by atomic mass is 15.1. The van der Waals surface area contributed by atoms with Crippen LogP contribution in [0.3, 0.4) is 0 Å². The lowest BCUT2D eigenvalue weighted by Crippen LogP contribution is -2.35. The van der Waals surface area contributed by atoms with E-state index in [0.29, 0.717) is 0 Å². The first-order valence-corrected chi connectivity index (χ1v) is 15.7. The van der Waals surface area contributed by atoms with Crippen LogP contribution in [0.15, 0.2) is 176 Å². The quantitative estimate of drug-likeness (QED) is 0.201. The molecule has 3 nitrogen and oxygen atoms in total. The Bertz CT molecular complexity index is 2300. The summed E-state index contributed by atoms with van der Waals surface area (Å²) >= 11 is 0. The summed E-state index contributed by atoms with van der Waals surface area (Å²) in [5.41, 5.74) is 13.1. The van der Waals surface area contributed by atoms with Crippen LogP contribution in [0.25, 0.3) is 50.5 Å². The van der Waals surface area contributed by atoms with Gasteiger partial charge in [-0.1, -0.05) is 140 Å². The third-order valence-electron chi connectivity index (χ3n) is 9.35. The summed E-state index contributed by atoms with van der Waals surface area (Å²) in [6.07, 6.45) is 1.84. The smallest absolute Gasteiger partial charge is 0.164 e. The largest absolute Gasteiger partial charge is 0.290 e. The van der Waals surface area contributed by atoms with Gasteiger partial charge in [0.05, 0.1) is 22.1 Å². The fourth-order valence-corrected chi connectivity index (χ4v) is 7.44. The highest BCUT2D eigenvalue weighted by Crippen LogP contribution is 2.54. The fourth-order valence-electron chi connectivity index (χ4n) is 7.44. The summed E-state index contributed by atoms with van der Waals surface area (Å²) in [6, 6.07) is 60.8. The summed E-state index contributed by atoms with van der Waals surface area (Å²) in [5, 5.41) is 0. The van der Waals surface area contributed by atoms with Crippen molar-refractivity contribution < 1.29 is 0 Å². The van der Waals surface area contributed by atoms with Crippen molar-refractivity contribution in [2.75, 3.05) is 0 Å². The Balaban J connectivity index is 1.44. The molecule has 0 atom stereocenters. The third kappa shape index (κ3) is 3.85. The van der Waals surface area contributed by atoms with E-state index in [1.165, 1.54) is 44.5 Å². The number of imidazole rings is 1. The van der Waals surface area contributed by atoms with Crippen molar-refractivity contribution in [2.24, 2.45) is 0 Å². The molecule has 0 bridgehead atoms. The number of aromatic nitrogens is 3. The zero-order valence-electron chi connectivity index (χ0n) is 25.1. The van der Waals surface area contributed by atoms with Gasteiger partial charge in [0.2, 0.25) is 0 Å². The Morgan fingerprint density at radius 3 is 1.78 bits per heavy atom. The van der Waals surface area contributed by atoms with Gasteiger partial charge >= 0.3 is 0 Å². The van der Waals surface area contributed by atoms with Gasteiger partial charge in [0.15, 0.2) is 5.82 Å². The van der Waals surface area contributed by atoms with Crippen LogP contribution in [-0.4, -0.2) is 14.5 Å². The molecule has 0 N–H and O–H groups in total. The Labute approximate surface area is 268 Å². The summed E-state index contributed by atoms with van der Waals surface area (Å²) < 4.78 is 2.33. The Morgan fingerprint density at radius 2 is 1.11 bits per heavy atom. The number of hydrogen-bond acceptors (Lipinski definition) is 2. The molecule has 46 heavy (non-hydrogen) atoms. The Morgan fingerprint density at radius 1 is 0.478 bits per heavy atom. The molecule has 1 aliphatic rings. The molecule has 0 amide bonds. The maximum Gasteiger partial charge on any atom is 0.164 e. The van der Waals surface area contributed by atoms with Crippen molar-refractivity contribution in [1.29, 1.82) is 0 Å². The molecule has 0 radical (unpaired) electrons. The molecule has 2 aromatic heterocycles. The summed E-state index contributed by atoms with van der Waals surface area (Å²) in [4.78, 5) is 10.0. The predicted octanol–water partition coefficient (Wildman–Crippen LogP) is 10.1.